The quantitative estimate of drug-likeness (QED) is 0.885. The van der Waals surface area contributed by atoms with E-state index in [-0.39, 0.29) is 11.3 Å². The number of rotatable bonds is 4. The van der Waals surface area contributed by atoms with Crippen molar-refractivity contribution in [3.05, 3.63) is 35.4 Å². The number of aliphatic hydroxyl groups is 1. The van der Waals surface area contributed by atoms with E-state index in [1.807, 2.05) is 24.3 Å². The van der Waals surface area contributed by atoms with E-state index < -0.39 is 5.60 Å². The molecule has 0 unspecified atom stereocenters. The zero-order valence-electron chi connectivity index (χ0n) is 14.8. The van der Waals surface area contributed by atoms with Crippen LogP contribution in [0.1, 0.15) is 63.5 Å². The van der Waals surface area contributed by atoms with Crippen LogP contribution in [0.25, 0.3) is 0 Å². The largest absolute Gasteiger partial charge is 0.386 e. The van der Waals surface area contributed by atoms with E-state index in [1.54, 1.807) is 13.8 Å². The third kappa shape index (κ3) is 2.88. The SMILES string of the molecule is CC(C)(O)c1ccc(CNC(=O)C23CC4CC(CC(C4)C2)C3)cc1. The lowest BCUT2D eigenvalue weighted by atomic mass is 9.49. The normalized spacial score (nSPS) is 34.4. The number of carbonyl (C=O) groups is 1. The van der Waals surface area contributed by atoms with E-state index in [0.717, 1.165) is 48.1 Å². The van der Waals surface area contributed by atoms with Crippen LogP contribution in [0.4, 0.5) is 0 Å². The zero-order chi connectivity index (χ0) is 16.9. The Morgan fingerprint density at radius 1 is 1.08 bits per heavy atom. The minimum absolute atomic E-state index is 0.0677. The van der Waals surface area contributed by atoms with Crippen LogP contribution in [-0.4, -0.2) is 11.0 Å². The minimum atomic E-state index is -0.818. The first-order valence-corrected chi connectivity index (χ1v) is 9.44. The second-order valence-electron chi connectivity index (χ2n) is 9.14. The maximum atomic E-state index is 12.9. The van der Waals surface area contributed by atoms with Crippen molar-refractivity contribution in [2.45, 2.75) is 64.5 Å². The van der Waals surface area contributed by atoms with Crippen LogP contribution in [0, 0.1) is 23.2 Å². The second kappa shape index (κ2) is 5.59. The third-order valence-electron chi connectivity index (χ3n) is 6.63. The molecule has 0 heterocycles. The fourth-order valence-corrected chi connectivity index (χ4v) is 5.79. The summed E-state index contributed by atoms with van der Waals surface area (Å²) in [7, 11) is 0. The van der Waals surface area contributed by atoms with Crippen molar-refractivity contribution in [2.24, 2.45) is 23.2 Å². The molecule has 4 fully saturated rings. The first kappa shape index (κ1) is 16.1. The molecular formula is C21H29NO2. The van der Waals surface area contributed by atoms with Crippen molar-refractivity contribution >= 4 is 5.91 Å². The molecule has 0 atom stereocenters. The van der Waals surface area contributed by atoms with Crippen LogP contribution >= 0.6 is 0 Å². The summed E-state index contributed by atoms with van der Waals surface area (Å²) in [5, 5.41) is 13.2. The molecule has 1 amide bonds. The Balaban J connectivity index is 1.40. The van der Waals surface area contributed by atoms with Crippen LogP contribution in [0.3, 0.4) is 0 Å². The molecule has 1 aromatic rings. The monoisotopic (exact) mass is 327 g/mol. The molecule has 0 saturated heterocycles. The van der Waals surface area contributed by atoms with Gasteiger partial charge in [-0.05, 0) is 81.3 Å². The van der Waals surface area contributed by atoms with Gasteiger partial charge in [-0.3, -0.25) is 4.79 Å². The maximum absolute atomic E-state index is 12.9. The molecule has 5 rings (SSSR count). The molecular weight excluding hydrogens is 298 g/mol. The Labute approximate surface area is 144 Å². The topological polar surface area (TPSA) is 49.3 Å². The molecule has 0 aromatic heterocycles. The van der Waals surface area contributed by atoms with Gasteiger partial charge in [0.25, 0.3) is 0 Å². The molecule has 2 N–H and O–H groups in total. The zero-order valence-corrected chi connectivity index (χ0v) is 14.8. The molecule has 3 nitrogen and oxygen atoms in total. The van der Waals surface area contributed by atoms with E-state index in [2.05, 4.69) is 5.32 Å². The molecule has 24 heavy (non-hydrogen) atoms. The average Bonchev–Trinajstić information content (AvgIpc) is 2.51. The van der Waals surface area contributed by atoms with Crippen molar-refractivity contribution in [1.29, 1.82) is 0 Å². The van der Waals surface area contributed by atoms with E-state index in [1.165, 1.54) is 19.3 Å². The summed E-state index contributed by atoms with van der Waals surface area (Å²) < 4.78 is 0. The van der Waals surface area contributed by atoms with Gasteiger partial charge in [0.05, 0.1) is 5.60 Å². The van der Waals surface area contributed by atoms with E-state index in [9.17, 15) is 9.90 Å². The molecule has 0 spiro atoms. The number of nitrogens with one attached hydrogen (secondary N) is 1. The number of amides is 1. The van der Waals surface area contributed by atoms with Crippen LogP contribution in [0.2, 0.25) is 0 Å². The maximum Gasteiger partial charge on any atom is 0.226 e. The van der Waals surface area contributed by atoms with Crippen molar-refractivity contribution in [3.8, 4) is 0 Å². The van der Waals surface area contributed by atoms with Gasteiger partial charge in [0, 0.05) is 12.0 Å². The number of carbonyl (C=O) groups excluding carboxylic acids is 1. The summed E-state index contributed by atoms with van der Waals surface area (Å²) in [6, 6.07) is 7.92. The van der Waals surface area contributed by atoms with Crippen LogP contribution in [0.15, 0.2) is 24.3 Å². The van der Waals surface area contributed by atoms with Gasteiger partial charge in [-0.15, -0.1) is 0 Å². The molecule has 4 aliphatic carbocycles. The summed E-state index contributed by atoms with van der Waals surface area (Å²) in [5.41, 5.74) is 1.11. The van der Waals surface area contributed by atoms with Crippen molar-refractivity contribution in [3.63, 3.8) is 0 Å². The molecule has 3 heteroatoms. The molecule has 4 bridgehead atoms. The Morgan fingerprint density at radius 2 is 1.58 bits per heavy atom. The van der Waals surface area contributed by atoms with Gasteiger partial charge in [0.2, 0.25) is 5.91 Å². The van der Waals surface area contributed by atoms with Gasteiger partial charge in [-0.25, -0.2) is 0 Å². The van der Waals surface area contributed by atoms with Crippen LogP contribution < -0.4 is 5.32 Å². The van der Waals surface area contributed by atoms with Crippen LogP contribution in [-0.2, 0) is 16.9 Å². The fourth-order valence-electron chi connectivity index (χ4n) is 5.79. The lowest BCUT2D eigenvalue weighted by molar-refractivity contribution is -0.146. The molecule has 0 radical (unpaired) electrons. The predicted octanol–water partition coefficient (Wildman–Crippen LogP) is 3.75. The Kier molecular flexibility index (Phi) is 3.76. The lowest BCUT2D eigenvalue weighted by Gasteiger charge is -2.55. The first-order chi connectivity index (χ1) is 11.3. The van der Waals surface area contributed by atoms with Gasteiger partial charge < -0.3 is 10.4 Å². The molecule has 4 saturated carbocycles. The molecule has 4 aliphatic rings. The summed E-state index contributed by atoms with van der Waals surface area (Å²) >= 11 is 0. The molecule has 0 aliphatic heterocycles. The summed E-state index contributed by atoms with van der Waals surface area (Å²) in [6.07, 6.45) is 7.44. The van der Waals surface area contributed by atoms with E-state index in [0.29, 0.717) is 6.54 Å². The van der Waals surface area contributed by atoms with Crippen molar-refractivity contribution in [1.82, 2.24) is 5.32 Å². The highest BCUT2D eigenvalue weighted by Gasteiger charge is 2.54. The predicted molar refractivity (Wildman–Crippen MR) is 94.1 cm³/mol. The highest BCUT2D eigenvalue weighted by molar-refractivity contribution is 5.83. The minimum Gasteiger partial charge on any atom is -0.386 e. The number of hydrogen-bond donors (Lipinski definition) is 2. The highest BCUT2D eigenvalue weighted by atomic mass is 16.3. The summed E-state index contributed by atoms with van der Waals surface area (Å²) in [4.78, 5) is 12.9. The van der Waals surface area contributed by atoms with Crippen molar-refractivity contribution in [2.75, 3.05) is 0 Å². The van der Waals surface area contributed by atoms with Gasteiger partial charge in [0.1, 0.15) is 0 Å². The smallest absolute Gasteiger partial charge is 0.226 e. The second-order valence-corrected chi connectivity index (χ2v) is 9.14. The third-order valence-corrected chi connectivity index (χ3v) is 6.63. The first-order valence-electron chi connectivity index (χ1n) is 9.44. The Morgan fingerprint density at radius 3 is 2.04 bits per heavy atom. The van der Waals surface area contributed by atoms with Gasteiger partial charge in [-0.1, -0.05) is 24.3 Å². The van der Waals surface area contributed by atoms with Gasteiger partial charge in [-0.2, -0.15) is 0 Å². The lowest BCUT2D eigenvalue weighted by Crippen LogP contribution is -2.53. The standard InChI is InChI=1S/C21H29NO2/c1-20(2,24)18-5-3-14(4-6-18)13-22-19(23)21-10-15-7-16(11-21)9-17(8-15)12-21/h3-6,15-17,24H,7-13H2,1-2H3,(H,22,23). The molecule has 1 aromatic carbocycles. The number of hydrogen-bond acceptors (Lipinski definition) is 2. The number of benzene rings is 1. The average molecular weight is 327 g/mol. The summed E-state index contributed by atoms with van der Waals surface area (Å²) in [5.74, 6) is 2.68. The fraction of sp³-hybridized carbons (Fsp3) is 0.667. The van der Waals surface area contributed by atoms with E-state index >= 15 is 0 Å². The highest BCUT2D eigenvalue weighted by Crippen LogP contribution is 2.60. The van der Waals surface area contributed by atoms with Crippen molar-refractivity contribution < 1.29 is 9.90 Å². The van der Waals surface area contributed by atoms with E-state index in [4.69, 9.17) is 0 Å². The van der Waals surface area contributed by atoms with Gasteiger partial charge in [0.15, 0.2) is 0 Å². The van der Waals surface area contributed by atoms with Gasteiger partial charge >= 0.3 is 0 Å². The van der Waals surface area contributed by atoms with Crippen LogP contribution in [0.5, 0.6) is 0 Å². The molecule has 130 valence electrons. The summed E-state index contributed by atoms with van der Waals surface area (Å²) in [6.45, 7) is 4.17. The Bertz CT molecular complexity index is 591. The Hall–Kier alpha value is -1.35.